The highest BCUT2D eigenvalue weighted by Crippen LogP contribution is 2.19. The number of sulfone groups is 1. The molecule has 0 atom stereocenters. The summed E-state index contributed by atoms with van der Waals surface area (Å²) in [6.07, 6.45) is 0.651. The van der Waals surface area contributed by atoms with Crippen molar-refractivity contribution in [1.29, 1.82) is 0 Å². The van der Waals surface area contributed by atoms with Crippen LogP contribution in [0.3, 0.4) is 0 Å². The fourth-order valence-electron chi connectivity index (χ4n) is 1.13. The normalized spacial score (nSPS) is 13.6. The van der Waals surface area contributed by atoms with Gasteiger partial charge in [-0.05, 0) is 24.3 Å². The maximum Gasteiger partial charge on any atom is 0.150 e. The van der Waals surface area contributed by atoms with Crippen LogP contribution in [0.1, 0.15) is 34.1 Å². The van der Waals surface area contributed by atoms with Crippen LogP contribution in [0.25, 0.3) is 0 Å². The Balaban J connectivity index is 4.13. The van der Waals surface area contributed by atoms with Gasteiger partial charge in [-0.25, -0.2) is 8.42 Å². The van der Waals surface area contributed by atoms with E-state index in [-0.39, 0.29) is 22.8 Å². The Hall–Kier alpha value is -0.0900. The first-order valence-corrected chi connectivity index (χ1v) is 6.91. The van der Waals surface area contributed by atoms with Gasteiger partial charge in [0.2, 0.25) is 0 Å². The first kappa shape index (κ1) is 13.9. The predicted molar refractivity (Wildman–Crippen MR) is 60.9 cm³/mol. The Morgan fingerprint density at radius 2 is 1.79 bits per heavy atom. The first-order valence-electron chi connectivity index (χ1n) is 5.09. The number of hydrogen-bond acceptors (Lipinski definition) is 3. The summed E-state index contributed by atoms with van der Waals surface area (Å²) in [4.78, 5) is 0. The molecule has 2 N–H and O–H groups in total. The monoisotopic (exact) mass is 221 g/mol. The van der Waals surface area contributed by atoms with E-state index in [2.05, 4.69) is 0 Å². The average Bonchev–Trinajstić information content (AvgIpc) is 1.99. The summed E-state index contributed by atoms with van der Waals surface area (Å²) in [5.41, 5.74) is 5.48. The third-order valence-corrected chi connectivity index (χ3v) is 4.23. The second kappa shape index (κ2) is 5.12. The molecule has 0 heterocycles. The second-order valence-electron chi connectivity index (χ2n) is 5.13. The van der Waals surface area contributed by atoms with Gasteiger partial charge in [0.15, 0.2) is 9.84 Å². The molecule has 3 nitrogen and oxygen atoms in total. The molecular formula is C10H23NO2S. The molecule has 0 aliphatic carbocycles. The molecule has 0 radical (unpaired) electrons. The third kappa shape index (κ3) is 6.38. The van der Waals surface area contributed by atoms with Crippen LogP contribution in [0.2, 0.25) is 0 Å². The van der Waals surface area contributed by atoms with Crippen molar-refractivity contribution in [1.82, 2.24) is 0 Å². The molecule has 86 valence electrons. The van der Waals surface area contributed by atoms with E-state index in [0.29, 0.717) is 13.0 Å². The summed E-state index contributed by atoms with van der Waals surface area (Å²) in [5.74, 6) is 0.754. The largest absolute Gasteiger partial charge is 0.330 e. The van der Waals surface area contributed by atoms with Gasteiger partial charge in [-0.3, -0.25) is 0 Å². The van der Waals surface area contributed by atoms with Crippen molar-refractivity contribution in [2.45, 2.75) is 34.1 Å². The van der Waals surface area contributed by atoms with Gasteiger partial charge in [-0.15, -0.1) is 0 Å². The van der Waals surface area contributed by atoms with E-state index >= 15 is 0 Å². The van der Waals surface area contributed by atoms with E-state index in [1.165, 1.54) is 0 Å². The molecule has 0 fully saturated rings. The number of hydrogen-bond donors (Lipinski definition) is 1. The van der Waals surface area contributed by atoms with Crippen molar-refractivity contribution in [2.75, 3.05) is 18.1 Å². The molecule has 0 unspecified atom stereocenters. The maximum atomic E-state index is 11.6. The van der Waals surface area contributed by atoms with Crippen molar-refractivity contribution in [3.63, 3.8) is 0 Å². The van der Waals surface area contributed by atoms with E-state index < -0.39 is 9.84 Å². The molecule has 0 aliphatic rings. The van der Waals surface area contributed by atoms with Crippen molar-refractivity contribution in [2.24, 2.45) is 17.1 Å². The quantitative estimate of drug-likeness (QED) is 0.738. The molecule has 0 aromatic carbocycles. The Labute approximate surface area is 88.0 Å². The lowest BCUT2D eigenvalue weighted by Gasteiger charge is -2.22. The lowest BCUT2D eigenvalue weighted by Crippen LogP contribution is -2.27. The van der Waals surface area contributed by atoms with Gasteiger partial charge in [0.25, 0.3) is 0 Å². The highest BCUT2D eigenvalue weighted by atomic mass is 32.2. The summed E-state index contributed by atoms with van der Waals surface area (Å²) >= 11 is 0. The van der Waals surface area contributed by atoms with E-state index in [1.54, 1.807) is 0 Å². The summed E-state index contributed by atoms with van der Waals surface area (Å²) < 4.78 is 23.1. The zero-order chi connectivity index (χ0) is 11.4. The Morgan fingerprint density at radius 3 is 2.14 bits per heavy atom. The van der Waals surface area contributed by atoms with E-state index in [0.717, 1.165) is 0 Å². The minimum Gasteiger partial charge on any atom is -0.330 e. The Bertz CT molecular complexity index is 255. The molecule has 0 rings (SSSR count). The lowest BCUT2D eigenvalue weighted by molar-refractivity contribution is 0.364. The van der Waals surface area contributed by atoms with Crippen molar-refractivity contribution in [3.8, 4) is 0 Å². The zero-order valence-electron chi connectivity index (χ0n) is 9.71. The van der Waals surface area contributed by atoms with Crippen LogP contribution >= 0.6 is 0 Å². The molecule has 0 bridgehead atoms. The van der Waals surface area contributed by atoms with Gasteiger partial charge < -0.3 is 5.73 Å². The zero-order valence-corrected chi connectivity index (χ0v) is 10.5. The van der Waals surface area contributed by atoms with Crippen molar-refractivity contribution >= 4 is 9.84 Å². The van der Waals surface area contributed by atoms with Crippen LogP contribution in [0.4, 0.5) is 0 Å². The molecule has 0 saturated heterocycles. The highest BCUT2D eigenvalue weighted by Gasteiger charge is 2.20. The SMILES string of the molecule is CC(C)CS(=O)(=O)CCC(C)(C)CN. The van der Waals surface area contributed by atoms with Gasteiger partial charge in [0, 0.05) is 0 Å². The maximum absolute atomic E-state index is 11.6. The van der Waals surface area contributed by atoms with Crippen molar-refractivity contribution < 1.29 is 8.42 Å². The third-order valence-electron chi connectivity index (χ3n) is 2.23. The topological polar surface area (TPSA) is 60.2 Å². The van der Waals surface area contributed by atoms with Gasteiger partial charge in [-0.2, -0.15) is 0 Å². The summed E-state index contributed by atoms with van der Waals surface area (Å²) in [5, 5.41) is 0. The minimum atomic E-state index is -2.88. The highest BCUT2D eigenvalue weighted by molar-refractivity contribution is 7.91. The Morgan fingerprint density at radius 1 is 1.29 bits per heavy atom. The molecule has 14 heavy (non-hydrogen) atoms. The van der Waals surface area contributed by atoms with Gasteiger partial charge in [0.05, 0.1) is 11.5 Å². The van der Waals surface area contributed by atoms with Gasteiger partial charge in [0.1, 0.15) is 0 Å². The summed E-state index contributed by atoms with van der Waals surface area (Å²) in [6, 6.07) is 0. The van der Waals surface area contributed by atoms with E-state index in [1.807, 2.05) is 27.7 Å². The van der Waals surface area contributed by atoms with E-state index in [4.69, 9.17) is 5.73 Å². The van der Waals surface area contributed by atoms with Crippen molar-refractivity contribution in [3.05, 3.63) is 0 Å². The number of rotatable bonds is 6. The summed E-state index contributed by atoms with van der Waals surface area (Å²) in [7, 11) is -2.88. The molecule has 0 amide bonds. The first-order chi connectivity index (χ1) is 6.18. The predicted octanol–water partition coefficient (Wildman–Crippen LogP) is 1.43. The van der Waals surface area contributed by atoms with Crippen LogP contribution in [0.15, 0.2) is 0 Å². The van der Waals surface area contributed by atoms with Gasteiger partial charge in [-0.1, -0.05) is 27.7 Å². The summed E-state index contributed by atoms with van der Waals surface area (Å²) in [6.45, 7) is 8.37. The fraction of sp³-hybridized carbons (Fsp3) is 1.00. The van der Waals surface area contributed by atoms with Gasteiger partial charge >= 0.3 is 0 Å². The Kier molecular flexibility index (Phi) is 5.09. The second-order valence-corrected chi connectivity index (χ2v) is 7.36. The lowest BCUT2D eigenvalue weighted by atomic mass is 9.91. The molecule has 0 aromatic rings. The van der Waals surface area contributed by atoms with E-state index in [9.17, 15) is 8.42 Å². The molecule has 0 aromatic heterocycles. The smallest absolute Gasteiger partial charge is 0.150 e. The van der Waals surface area contributed by atoms with Crippen LogP contribution in [0, 0.1) is 11.3 Å². The number of nitrogens with two attached hydrogens (primary N) is 1. The van der Waals surface area contributed by atoms with Crippen LogP contribution in [-0.4, -0.2) is 26.5 Å². The molecule has 4 heteroatoms. The van der Waals surface area contributed by atoms with Crippen LogP contribution in [0.5, 0.6) is 0 Å². The van der Waals surface area contributed by atoms with Crippen LogP contribution in [-0.2, 0) is 9.84 Å². The molecule has 0 spiro atoms. The fourth-order valence-corrected chi connectivity index (χ4v) is 3.17. The molecular weight excluding hydrogens is 198 g/mol. The minimum absolute atomic E-state index is 0.0654. The molecule has 0 saturated carbocycles. The average molecular weight is 221 g/mol. The standard InChI is InChI=1S/C10H23NO2S/c1-9(2)7-14(12,13)6-5-10(3,4)8-11/h9H,5-8,11H2,1-4H3. The van der Waals surface area contributed by atoms with Crippen LogP contribution < -0.4 is 5.73 Å². The molecule has 0 aliphatic heterocycles.